The second-order valence-corrected chi connectivity index (χ2v) is 9.27. The summed E-state index contributed by atoms with van der Waals surface area (Å²) in [5.74, 6) is 11.8. The second kappa shape index (κ2) is 3.58. The van der Waals surface area contributed by atoms with E-state index in [1.54, 1.807) is 6.42 Å². The molecule has 6 aliphatic rings. The van der Waals surface area contributed by atoms with Crippen LogP contribution in [0.15, 0.2) is 12.2 Å². The molecule has 0 amide bonds. The molecule has 0 spiro atoms. The summed E-state index contributed by atoms with van der Waals surface area (Å²) in [5, 5.41) is 9.22. The first-order valence-electron chi connectivity index (χ1n) is 9.35. The largest absolute Gasteiger partial charge is 0.198 e. The van der Waals surface area contributed by atoms with Gasteiger partial charge >= 0.3 is 0 Å². The molecule has 1 heteroatoms. The second-order valence-electron chi connectivity index (χ2n) is 9.27. The van der Waals surface area contributed by atoms with Crippen LogP contribution in [0.3, 0.4) is 0 Å². The summed E-state index contributed by atoms with van der Waals surface area (Å²) in [6.07, 6.45) is 10.5. The predicted octanol–water partition coefficient (Wildman–Crippen LogP) is 4.12. The molecule has 6 aliphatic carbocycles. The molecular formula is C20H25N. The van der Waals surface area contributed by atoms with Gasteiger partial charge in [-0.3, -0.25) is 0 Å². The minimum absolute atomic E-state index is 0.744. The third-order valence-corrected chi connectivity index (χ3v) is 9.31. The number of hydrogen-bond acceptors (Lipinski definition) is 1. The van der Waals surface area contributed by atoms with Crippen molar-refractivity contribution in [2.45, 2.75) is 32.6 Å². The summed E-state index contributed by atoms with van der Waals surface area (Å²) in [4.78, 5) is 0. The Bertz CT molecular complexity index is 571. The van der Waals surface area contributed by atoms with E-state index in [4.69, 9.17) is 0 Å². The summed E-state index contributed by atoms with van der Waals surface area (Å²) in [7, 11) is 0. The predicted molar refractivity (Wildman–Crippen MR) is 80.8 cm³/mol. The third-order valence-electron chi connectivity index (χ3n) is 9.31. The minimum atomic E-state index is 0.744. The topological polar surface area (TPSA) is 23.8 Å². The highest BCUT2D eigenvalue weighted by molar-refractivity contribution is 5.25. The summed E-state index contributed by atoms with van der Waals surface area (Å²) in [6, 6.07) is 2.51. The zero-order valence-electron chi connectivity index (χ0n) is 12.9. The average molecular weight is 279 g/mol. The fourth-order valence-corrected chi connectivity index (χ4v) is 9.14. The van der Waals surface area contributed by atoms with Gasteiger partial charge in [-0.15, -0.1) is 0 Å². The molecule has 12 atom stereocenters. The van der Waals surface area contributed by atoms with Crippen molar-refractivity contribution in [1.29, 1.82) is 5.26 Å². The SMILES string of the molecule is CC1C(CC#N)C2CC1C1C3CC(C4C5C=CC(C5)C34)C21. The Balaban J connectivity index is 1.40. The molecule has 12 unspecified atom stereocenters. The Kier molecular flexibility index (Phi) is 2.01. The highest BCUT2D eigenvalue weighted by Crippen LogP contribution is 2.77. The average Bonchev–Trinajstić information content (AvgIpc) is 3.27. The van der Waals surface area contributed by atoms with E-state index in [2.05, 4.69) is 25.1 Å². The van der Waals surface area contributed by atoms with E-state index >= 15 is 0 Å². The minimum Gasteiger partial charge on any atom is -0.198 e. The molecule has 0 aromatic rings. The van der Waals surface area contributed by atoms with Crippen molar-refractivity contribution < 1.29 is 0 Å². The summed E-state index contributed by atoms with van der Waals surface area (Å²) in [6.45, 7) is 2.48. The monoisotopic (exact) mass is 279 g/mol. The first-order chi connectivity index (χ1) is 10.3. The molecule has 0 aromatic carbocycles. The van der Waals surface area contributed by atoms with Gasteiger partial charge in [-0.2, -0.15) is 5.26 Å². The molecule has 0 radical (unpaired) electrons. The lowest BCUT2D eigenvalue weighted by Crippen LogP contribution is -2.44. The van der Waals surface area contributed by atoms with Gasteiger partial charge in [-0.1, -0.05) is 19.1 Å². The molecule has 110 valence electrons. The molecule has 5 fully saturated rings. The Morgan fingerprint density at radius 1 is 0.857 bits per heavy atom. The maximum atomic E-state index is 9.22. The lowest BCUT2D eigenvalue weighted by atomic mass is 9.57. The van der Waals surface area contributed by atoms with Gasteiger partial charge in [0.15, 0.2) is 0 Å². The van der Waals surface area contributed by atoms with Crippen molar-refractivity contribution in [3.63, 3.8) is 0 Å². The molecule has 0 N–H and O–H groups in total. The van der Waals surface area contributed by atoms with Gasteiger partial charge in [0.2, 0.25) is 0 Å². The first-order valence-corrected chi connectivity index (χ1v) is 9.35. The van der Waals surface area contributed by atoms with Crippen LogP contribution < -0.4 is 0 Å². The normalized spacial score (nSPS) is 67.6. The van der Waals surface area contributed by atoms with Crippen LogP contribution in [0, 0.1) is 82.3 Å². The van der Waals surface area contributed by atoms with E-state index in [1.807, 2.05) is 0 Å². The van der Waals surface area contributed by atoms with E-state index in [0.717, 1.165) is 77.4 Å². The van der Waals surface area contributed by atoms with Crippen LogP contribution in [0.1, 0.15) is 32.6 Å². The first kappa shape index (κ1) is 11.8. The maximum absolute atomic E-state index is 9.22. The Hall–Kier alpha value is -0.770. The number of nitrogens with zero attached hydrogens (tertiary/aromatic N) is 1. The molecule has 6 rings (SSSR count). The Morgan fingerprint density at radius 3 is 2.14 bits per heavy atom. The number of allylic oxidation sites excluding steroid dienone is 2. The van der Waals surface area contributed by atoms with Gasteiger partial charge in [-0.05, 0) is 90.3 Å². The zero-order chi connectivity index (χ0) is 13.9. The molecule has 6 bridgehead atoms. The van der Waals surface area contributed by atoms with E-state index in [1.165, 1.54) is 12.8 Å². The number of nitriles is 1. The van der Waals surface area contributed by atoms with Gasteiger partial charge in [0.25, 0.3) is 0 Å². The molecule has 0 saturated heterocycles. The summed E-state index contributed by atoms with van der Waals surface area (Å²) >= 11 is 0. The van der Waals surface area contributed by atoms with Crippen LogP contribution in [-0.2, 0) is 0 Å². The van der Waals surface area contributed by atoms with Crippen molar-refractivity contribution in [2.24, 2.45) is 71.0 Å². The van der Waals surface area contributed by atoms with Crippen LogP contribution in [0.5, 0.6) is 0 Å². The fraction of sp³-hybridized carbons (Fsp3) is 0.850. The van der Waals surface area contributed by atoms with Crippen molar-refractivity contribution in [1.82, 2.24) is 0 Å². The number of rotatable bonds is 1. The molecule has 0 heterocycles. The van der Waals surface area contributed by atoms with Crippen molar-refractivity contribution in [3.8, 4) is 6.07 Å². The van der Waals surface area contributed by atoms with Crippen LogP contribution in [0.4, 0.5) is 0 Å². The quantitative estimate of drug-likeness (QED) is 0.523. The highest BCUT2D eigenvalue weighted by Gasteiger charge is 2.71. The Labute approximate surface area is 127 Å². The molecule has 5 saturated carbocycles. The zero-order valence-corrected chi connectivity index (χ0v) is 12.9. The van der Waals surface area contributed by atoms with Crippen molar-refractivity contribution >= 4 is 0 Å². The smallest absolute Gasteiger partial charge is 0.0624 e. The molecular weight excluding hydrogens is 254 g/mol. The van der Waals surface area contributed by atoms with Crippen molar-refractivity contribution in [2.75, 3.05) is 0 Å². The van der Waals surface area contributed by atoms with Gasteiger partial charge in [0, 0.05) is 6.42 Å². The molecule has 0 aliphatic heterocycles. The third kappa shape index (κ3) is 1.13. The molecule has 0 aromatic heterocycles. The number of hydrogen-bond donors (Lipinski definition) is 0. The fourth-order valence-electron chi connectivity index (χ4n) is 9.14. The van der Waals surface area contributed by atoms with E-state index in [0.29, 0.717) is 0 Å². The lowest BCUT2D eigenvalue weighted by molar-refractivity contribution is 0.00622. The van der Waals surface area contributed by atoms with E-state index < -0.39 is 0 Å². The molecule has 21 heavy (non-hydrogen) atoms. The van der Waals surface area contributed by atoms with Gasteiger partial charge in [0.05, 0.1) is 6.07 Å². The summed E-state index contributed by atoms with van der Waals surface area (Å²) < 4.78 is 0. The highest BCUT2D eigenvalue weighted by atomic mass is 14.8. The van der Waals surface area contributed by atoms with Crippen LogP contribution in [-0.4, -0.2) is 0 Å². The van der Waals surface area contributed by atoms with Crippen molar-refractivity contribution in [3.05, 3.63) is 12.2 Å². The van der Waals surface area contributed by atoms with Crippen LogP contribution in [0.25, 0.3) is 0 Å². The van der Waals surface area contributed by atoms with Gasteiger partial charge < -0.3 is 0 Å². The van der Waals surface area contributed by atoms with Crippen LogP contribution >= 0.6 is 0 Å². The van der Waals surface area contributed by atoms with Crippen LogP contribution in [0.2, 0.25) is 0 Å². The lowest BCUT2D eigenvalue weighted by Gasteiger charge is -2.47. The number of fused-ring (bicyclic) bond motifs is 16. The Morgan fingerprint density at radius 2 is 1.48 bits per heavy atom. The van der Waals surface area contributed by atoms with E-state index in [9.17, 15) is 5.26 Å². The molecule has 1 nitrogen and oxygen atoms in total. The maximum Gasteiger partial charge on any atom is 0.0624 e. The standard InChI is InChI=1S/C20H25N/c1-9-12(4-5-21)14-7-13(9)19-15-8-16(20(14)19)18-11-3-2-10(6-11)17(15)18/h2-3,9-20H,4,6-8H2,1H3. The summed E-state index contributed by atoms with van der Waals surface area (Å²) in [5.41, 5.74) is 0. The van der Waals surface area contributed by atoms with Gasteiger partial charge in [0.1, 0.15) is 0 Å². The van der Waals surface area contributed by atoms with E-state index in [-0.39, 0.29) is 0 Å². The van der Waals surface area contributed by atoms with Gasteiger partial charge in [-0.25, -0.2) is 0 Å².